The van der Waals surface area contributed by atoms with Crippen molar-refractivity contribution in [2.24, 2.45) is 0 Å². The van der Waals surface area contributed by atoms with E-state index in [2.05, 4.69) is 48.2 Å². The average Bonchev–Trinajstić information content (AvgIpc) is 3.60. The Balaban J connectivity index is 1.14. The molecule has 0 amide bonds. The van der Waals surface area contributed by atoms with Gasteiger partial charge in [0.25, 0.3) is 0 Å². The summed E-state index contributed by atoms with van der Waals surface area (Å²) in [4.78, 5) is 23.0. The SMILES string of the molecule is Cc1cc(Nc2nc(N)n(-c3cc(-c4ccccc4)ncn3)n2)cnc1N1CCC(N2CCCC2)CC1. The number of pyridine rings is 1. The third-order valence-corrected chi connectivity index (χ3v) is 7.30. The van der Waals surface area contributed by atoms with Crippen LogP contribution in [-0.4, -0.2) is 66.8 Å². The topological polar surface area (TPSA) is 114 Å². The standard InChI is InChI=1S/C27H32N10/c1-19-15-21(17-29-25(19)36-13-9-22(10-14-36)35-11-5-6-12-35)32-27-33-26(28)37(34-27)24-16-23(30-18-31-24)20-7-3-2-4-8-20/h2-4,7-8,15-18,22H,5-6,9-14H2,1H3,(H3,28,32,33,34). The Morgan fingerprint density at radius 3 is 2.49 bits per heavy atom. The summed E-state index contributed by atoms with van der Waals surface area (Å²) in [5, 5.41) is 7.78. The Bertz CT molecular complexity index is 1350. The molecular weight excluding hydrogens is 464 g/mol. The largest absolute Gasteiger partial charge is 0.368 e. The zero-order chi connectivity index (χ0) is 25.2. The molecule has 4 aromatic rings. The number of aryl methyl sites for hydroxylation is 1. The number of hydrogen-bond donors (Lipinski definition) is 2. The van der Waals surface area contributed by atoms with Gasteiger partial charge in [-0.25, -0.2) is 15.0 Å². The van der Waals surface area contributed by atoms with E-state index in [-0.39, 0.29) is 5.95 Å². The third kappa shape index (κ3) is 4.97. The number of nitrogens with zero attached hydrogens (tertiary/aromatic N) is 8. The number of likely N-dealkylation sites (tertiary alicyclic amines) is 1. The van der Waals surface area contributed by atoms with Crippen LogP contribution in [0.1, 0.15) is 31.2 Å². The summed E-state index contributed by atoms with van der Waals surface area (Å²) in [5.41, 5.74) is 9.91. The van der Waals surface area contributed by atoms with Gasteiger partial charge in [0.05, 0.1) is 17.6 Å². The molecule has 0 unspecified atom stereocenters. The minimum absolute atomic E-state index is 0.238. The van der Waals surface area contributed by atoms with Gasteiger partial charge in [-0.3, -0.25) is 0 Å². The molecule has 0 aliphatic carbocycles. The van der Waals surface area contributed by atoms with Crippen molar-refractivity contribution in [2.45, 2.75) is 38.6 Å². The predicted octanol–water partition coefficient (Wildman–Crippen LogP) is 3.82. The van der Waals surface area contributed by atoms with Crippen LogP contribution in [-0.2, 0) is 0 Å². The first-order valence-corrected chi connectivity index (χ1v) is 13.0. The van der Waals surface area contributed by atoms with E-state index in [1.54, 1.807) is 0 Å². The molecule has 0 bridgehead atoms. The van der Waals surface area contributed by atoms with Crippen molar-refractivity contribution in [3.8, 4) is 17.1 Å². The average molecular weight is 497 g/mol. The zero-order valence-corrected chi connectivity index (χ0v) is 21.1. The first-order chi connectivity index (χ1) is 18.1. The molecule has 0 spiro atoms. The summed E-state index contributed by atoms with van der Waals surface area (Å²) in [6.45, 7) is 6.74. The summed E-state index contributed by atoms with van der Waals surface area (Å²) in [5.74, 6) is 2.23. The monoisotopic (exact) mass is 496 g/mol. The molecule has 10 nitrogen and oxygen atoms in total. The van der Waals surface area contributed by atoms with Crippen molar-refractivity contribution in [1.29, 1.82) is 0 Å². The highest BCUT2D eigenvalue weighted by Crippen LogP contribution is 2.28. The van der Waals surface area contributed by atoms with E-state index >= 15 is 0 Å². The van der Waals surface area contributed by atoms with Crippen LogP contribution in [0.5, 0.6) is 0 Å². The maximum Gasteiger partial charge on any atom is 0.248 e. The van der Waals surface area contributed by atoms with Gasteiger partial charge in [-0.1, -0.05) is 30.3 Å². The number of aromatic nitrogens is 6. The molecule has 0 saturated carbocycles. The van der Waals surface area contributed by atoms with Crippen molar-refractivity contribution in [2.75, 3.05) is 42.1 Å². The minimum atomic E-state index is 0.238. The van der Waals surface area contributed by atoms with Gasteiger partial charge in [0.1, 0.15) is 12.1 Å². The molecule has 10 heteroatoms. The predicted molar refractivity (Wildman–Crippen MR) is 145 cm³/mol. The van der Waals surface area contributed by atoms with Crippen molar-refractivity contribution < 1.29 is 0 Å². The van der Waals surface area contributed by atoms with Gasteiger partial charge in [-0.15, -0.1) is 5.10 Å². The zero-order valence-electron chi connectivity index (χ0n) is 21.1. The van der Waals surface area contributed by atoms with Gasteiger partial charge in [-0.05, 0) is 57.3 Å². The maximum absolute atomic E-state index is 6.19. The van der Waals surface area contributed by atoms with E-state index in [1.165, 1.54) is 49.8 Å². The lowest BCUT2D eigenvalue weighted by Gasteiger charge is -2.37. The van der Waals surface area contributed by atoms with Crippen LogP contribution < -0.4 is 16.0 Å². The molecule has 37 heavy (non-hydrogen) atoms. The number of rotatable bonds is 6. The molecule has 2 fully saturated rings. The van der Waals surface area contributed by atoms with Crippen LogP contribution in [0.4, 0.5) is 23.4 Å². The number of benzene rings is 1. The van der Waals surface area contributed by atoms with Gasteiger partial charge in [0.2, 0.25) is 11.9 Å². The van der Waals surface area contributed by atoms with Gasteiger partial charge in [0, 0.05) is 30.8 Å². The Labute approximate surface area is 216 Å². The number of piperidine rings is 1. The first-order valence-electron chi connectivity index (χ1n) is 13.0. The molecule has 6 rings (SSSR count). The van der Waals surface area contributed by atoms with E-state index in [4.69, 9.17) is 10.7 Å². The van der Waals surface area contributed by atoms with Crippen LogP contribution >= 0.6 is 0 Å². The van der Waals surface area contributed by atoms with E-state index < -0.39 is 0 Å². The lowest BCUT2D eigenvalue weighted by molar-refractivity contribution is 0.207. The fourth-order valence-electron chi connectivity index (χ4n) is 5.42. The van der Waals surface area contributed by atoms with Crippen LogP contribution in [0.15, 0.2) is 55.0 Å². The van der Waals surface area contributed by atoms with Crippen molar-refractivity contribution >= 4 is 23.4 Å². The van der Waals surface area contributed by atoms with Crippen molar-refractivity contribution in [1.82, 2.24) is 34.6 Å². The number of nitrogens with two attached hydrogens (primary N) is 1. The first kappa shape index (κ1) is 23.4. The minimum Gasteiger partial charge on any atom is -0.368 e. The summed E-state index contributed by atoms with van der Waals surface area (Å²) >= 11 is 0. The van der Waals surface area contributed by atoms with E-state index in [1.807, 2.05) is 42.6 Å². The fraction of sp³-hybridized carbons (Fsp3) is 0.370. The quantitative estimate of drug-likeness (QED) is 0.411. The summed E-state index contributed by atoms with van der Waals surface area (Å²) in [6, 6.07) is 14.6. The Kier molecular flexibility index (Phi) is 6.40. The van der Waals surface area contributed by atoms with Gasteiger partial charge >= 0.3 is 0 Å². The highest BCUT2D eigenvalue weighted by atomic mass is 15.4. The van der Waals surface area contributed by atoms with E-state index in [0.717, 1.165) is 47.5 Å². The van der Waals surface area contributed by atoms with Crippen LogP contribution in [0, 0.1) is 6.92 Å². The molecular formula is C27H32N10. The van der Waals surface area contributed by atoms with Crippen LogP contribution in [0.25, 0.3) is 17.1 Å². The molecule has 3 N–H and O–H groups in total. The highest BCUT2D eigenvalue weighted by molar-refractivity contribution is 5.62. The van der Waals surface area contributed by atoms with Gasteiger partial charge in [-0.2, -0.15) is 9.67 Å². The second-order valence-corrected chi connectivity index (χ2v) is 9.78. The number of nitrogens with one attached hydrogen (secondary N) is 1. The lowest BCUT2D eigenvalue weighted by Crippen LogP contribution is -2.44. The summed E-state index contributed by atoms with van der Waals surface area (Å²) < 4.78 is 1.51. The lowest BCUT2D eigenvalue weighted by atomic mass is 10.0. The molecule has 0 radical (unpaired) electrons. The highest BCUT2D eigenvalue weighted by Gasteiger charge is 2.27. The number of anilines is 4. The smallest absolute Gasteiger partial charge is 0.248 e. The molecule has 190 valence electrons. The van der Waals surface area contributed by atoms with E-state index in [9.17, 15) is 0 Å². The molecule has 2 aliphatic rings. The van der Waals surface area contributed by atoms with Crippen molar-refractivity contribution in [3.05, 3.63) is 60.6 Å². The Morgan fingerprint density at radius 2 is 1.73 bits per heavy atom. The molecule has 3 aromatic heterocycles. The second-order valence-electron chi connectivity index (χ2n) is 9.78. The fourth-order valence-corrected chi connectivity index (χ4v) is 5.42. The molecule has 2 aliphatic heterocycles. The molecule has 2 saturated heterocycles. The number of nitrogen functional groups attached to an aromatic ring is 1. The summed E-state index contributed by atoms with van der Waals surface area (Å²) in [6.07, 6.45) is 8.45. The van der Waals surface area contributed by atoms with Crippen LogP contribution in [0.3, 0.4) is 0 Å². The van der Waals surface area contributed by atoms with Crippen LogP contribution in [0.2, 0.25) is 0 Å². The van der Waals surface area contributed by atoms with Crippen molar-refractivity contribution in [3.63, 3.8) is 0 Å². The van der Waals surface area contributed by atoms with Gasteiger partial charge < -0.3 is 20.9 Å². The number of hydrogen-bond acceptors (Lipinski definition) is 9. The van der Waals surface area contributed by atoms with E-state index in [0.29, 0.717) is 11.8 Å². The second kappa shape index (κ2) is 10.1. The molecule has 5 heterocycles. The maximum atomic E-state index is 6.19. The third-order valence-electron chi connectivity index (χ3n) is 7.30. The van der Waals surface area contributed by atoms with Gasteiger partial charge in [0.15, 0.2) is 5.82 Å². The molecule has 1 aromatic carbocycles. The molecule has 0 atom stereocenters. The Morgan fingerprint density at radius 1 is 0.946 bits per heavy atom. The summed E-state index contributed by atoms with van der Waals surface area (Å²) in [7, 11) is 0. The Hall–Kier alpha value is -4.05. The normalized spacial score (nSPS) is 16.8.